The molecule has 2 N–H and O–H groups in total. The zero-order chi connectivity index (χ0) is 20.4. The number of carbonyl (C=O) groups is 1. The van der Waals surface area contributed by atoms with E-state index in [-0.39, 0.29) is 18.1 Å². The predicted octanol–water partition coefficient (Wildman–Crippen LogP) is 3.77. The Morgan fingerprint density at radius 1 is 1.34 bits per heavy atom. The fourth-order valence-corrected chi connectivity index (χ4v) is 3.80. The van der Waals surface area contributed by atoms with E-state index in [0.29, 0.717) is 29.6 Å². The van der Waals surface area contributed by atoms with E-state index in [1.807, 2.05) is 29.8 Å². The molecule has 0 saturated carbocycles. The number of nitrogens with zero attached hydrogens (tertiary/aromatic N) is 3. The summed E-state index contributed by atoms with van der Waals surface area (Å²) in [5.41, 5.74) is 2.11. The second-order valence-electron chi connectivity index (χ2n) is 7.00. The maximum Gasteiger partial charge on any atom is 0.272 e. The van der Waals surface area contributed by atoms with E-state index in [0.717, 1.165) is 30.0 Å². The molecule has 1 aromatic carbocycles. The molecule has 152 valence electrons. The number of imidazole rings is 2. The number of benzene rings is 1. The van der Waals surface area contributed by atoms with Crippen LogP contribution in [0.5, 0.6) is 0 Å². The van der Waals surface area contributed by atoms with Crippen molar-refractivity contribution in [2.75, 3.05) is 6.61 Å². The van der Waals surface area contributed by atoms with Gasteiger partial charge in [-0.2, -0.15) is 0 Å². The van der Waals surface area contributed by atoms with Crippen LogP contribution in [0.3, 0.4) is 0 Å². The van der Waals surface area contributed by atoms with Crippen LogP contribution >= 0.6 is 11.6 Å². The highest BCUT2D eigenvalue weighted by Gasteiger charge is 2.34. The van der Waals surface area contributed by atoms with Crippen molar-refractivity contribution in [3.63, 3.8) is 0 Å². The maximum absolute atomic E-state index is 13.1. The lowest BCUT2D eigenvalue weighted by Crippen LogP contribution is -2.38. The molecular weight excluding hydrogens is 390 g/mol. The van der Waals surface area contributed by atoms with Crippen molar-refractivity contribution in [3.8, 4) is 11.4 Å². The molecule has 3 aromatic rings. The summed E-state index contributed by atoms with van der Waals surface area (Å²) in [4.78, 5) is 25.3. The van der Waals surface area contributed by atoms with Crippen LogP contribution in [0.15, 0.2) is 36.7 Å². The van der Waals surface area contributed by atoms with Crippen LogP contribution in [0.25, 0.3) is 11.4 Å². The lowest BCUT2D eigenvalue weighted by molar-refractivity contribution is 0.0772. The number of H-pyrrole nitrogens is 1. The topological polar surface area (TPSA) is 84.8 Å². The van der Waals surface area contributed by atoms with Crippen LogP contribution in [-0.4, -0.2) is 38.1 Å². The number of amides is 1. The first-order chi connectivity index (χ1) is 14.1. The molecular formula is C21H24ClN5O2. The van der Waals surface area contributed by atoms with Gasteiger partial charge in [-0.3, -0.25) is 4.79 Å². The van der Waals surface area contributed by atoms with Gasteiger partial charge in [-0.15, -0.1) is 0 Å². The van der Waals surface area contributed by atoms with Gasteiger partial charge >= 0.3 is 0 Å². The molecule has 0 unspecified atom stereocenters. The minimum Gasteiger partial charge on any atom is -0.368 e. The van der Waals surface area contributed by atoms with Crippen molar-refractivity contribution in [1.29, 1.82) is 0 Å². The summed E-state index contributed by atoms with van der Waals surface area (Å²) >= 11 is 5.97. The molecule has 0 bridgehead atoms. The Morgan fingerprint density at radius 3 is 2.86 bits per heavy atom. The van der Waals surface area contributed by atoms with Gasteiger partial charge in [0.15, 0.2) is 0 Å². The van der Waals surface area contributed by atoms with E-state index in [4.69, 9.17) is 16.3 Å². The number of halogens is 1. The molecule has 1 fully saturated rings. The molecule has 2 aromatic heterocycles. The zero-order valence-corrected chi connectivity index (χ0v) is 17.2. The number of ether oxygens (including phenoxy) is 1. The highest BCUT2D eigenvalue weighted by molar-refractivity contribution is 6.30. The third-order valence-electron chi connectivity index (χ3n) is 5.22. The van der Waals surface area contributed by atoms with Gasteiger partial charge in [-0.25, -0.2) is 9.97 Å². The van der Waals surface area contributed by atoms with Crippen molar-refractivity contribution in [1.82, 2.24) is 24.8 Å². The standard InChI is InChI=1S/C21H24ClN5O2/c1-3-15-17(26-19(24-15)13-5-7-14(22)8-6-13)21(28)25-16-9-12-29-18(16)20-23-10-11-27(20)4-2/h5-8,10-11,16,18H,3-4,9,12H2,1-2H3,(H,24,26)(H,25,28)/t16-,18-/m0/s1. The van der Waals surface area contributed by atoms with Crippen LogP contribution < -0.4 is 5.32 Å². The summed E-state index contributed by atoms with van der Waals surface area (Å²) in [5.74, 6) is 1.30. The zero-order valence-electron chi connectivity index (χ0n) is 16.5. The normalized spacial score (nSPS) is 18.9. The van der Waals surface area contributed by atoms with Crippen molar-refractivity contribution in [2.45, 2.75) is 45.4 Å². The molecule has 7 nitrogen and oxygen atoms in total. The van der Waals surface area contributed by atoms with Gasteiger partial charge in [-0.05, 0) is 44.0 Å². The summed E-state index contributed by atoms with van der Waals surface area (Å²) in [6.07, 6.45) is 4.85. The van der Waals surface area contributed by atoms with Gasteiger partial charge in [0.05, 0.1) is 6.04 Å². The van der Waals surface area contributed by atoms with E-state index in [1.165, 1.54) is 0 Å². The number of aromatic amines is 1. The van der Waals surface area contributed by atoms with Crippen molar-refractivity contribution in [3.05, 3.63) is 58.9 Å². The number of rotatable bonds is 6. The Bertz CT molecular complexity index is 995. The Morgan fingerprint density at radius 2 is 2.14 bits per heavy atom. The maximum atomic E-state index is 13.1. The molecule has 1 aliphatic rings. The SMILES string of the molecule is CCc1[nH]c(-c2ccc(Cl)cc2)nc1C(=O)N[C@H]1CCO[C@@H]1c1nccn1CC. The molecule has 3 heterocycles. The van der Waals surface area contributed by atoms with Crippen molar-refractivity contribution in [2.24, 2.45) is 0 Å². The van der Waals surface area contributed by atoms with Crippen LogP contribution in [0, 0.1) is 0 Å². The minimum absolute atomic E-state index is 0.143. The van der Waals surface area contributed by atoms with E-state index in [1.54, 1.807) is 18.3 Å². The Hall–Kier alpha value is -2.64. The molecule has 29 heavy (non-hydrogen) atoms. The molecule has 1 aliphatic heterocycles. The van der Waals surface area contributed by atoms with Gasteiger partial charge < -0.3 is 19.6 Å². The smallest absolute Gasteiger partial charge is 0.272 e. The number of hydrogen-bond donors (Lipinski definition) is 2. The fourth-order valence-electron chi connectivity index (χ4n) is 3.67. The quantitative estimate of drug-likeness (QED) is 0.644. The molecule has 0 radical (unpaired) electrons. The summed E-state index contributed by atoms with van der Waals surface area (Å²) in [7, 11) is 0. The van der Waals surface area contributed by atoms with E-state index in [2.05, 4.69) is 27.2 Å². The molecule has 1 amide bonds. The van der Waals surface area contributed by atoms with Crippen molar-refractivity contribution >= 4 is 17.5 Å². The average molecular weight is 414 g/mol. The number of nitrogens with one attached hydrogen (secondary N) is 2. The Kier molecular flexibility index (Phi) is 5.69. The lowest BCUT2D eigenvalue weighted by Gasteiger charge is -2.20. The van der Waals surface area contributed by atoms with E-state index < -0.39 is 0 Å². The van der Waals surface area contributed by atoms with Gasteiger partial charge in [0, 0.05) is 41.8 Å². The summed E-state index contributed by atoms with van der Waals surface area (Å²) in [6.45, 7) is 5.45. The monoisotopic (exact) mass is 413 g/mol. The van der Waals surface area contributed by atoms with Gasteiger partial charge in [0.2, 0.25) is 0 Å². The van der Waals surface area contributed by atoms with Crippen LogP contribution in [0.2, 0.25) is 5.02 Å². The number of hydrogen-bond acceptors (Lipinski definition) is 4. The second kappa shape index (κ2) is 8.39. The van der Waals surface area contributed by atoms with Gasteiger partial charge in [0.25, 0.3) is 5.91 Å². The number of aromatic nitrogens is 4. The highest BCUT2D eigenvalue weighted by Crippen LogP contribution is 2.29. The van der Waals surface area contributed by atoms with E-state index in [9.17, 15) is 4.79 Å². The highest BCUT2D eigenvalue weighted by atomic mass is 35.5. The molecule has 8 heteroatoms. The molecule has 0 aliphatic carbocycles. The third kappa shape index (κ3) is 3.93. The van der Waals surface area contributed by atoms with Gasteiger partial charge in [0.1, 0.15) is 23.4 Å². The molecule has 2 atom stereocenters. The Labute approximate surface area is 174 Å². The molecule has 1 saturated heterocycles. The predicted molar refractivity (Wildman–Crippen MR) is 111 cm³/mol. The van der Waals surface area contributed by atoms with Crippen molar-refractivity contribution < 1.29 is 9.53 Å². The summed E-state index contributed by atoms with van der Waals surface area (Å²) in [6, 6.07) is 7.24. The first kappa shape index (κ1) is 19.7. The average Bonchev–Trinajstić information content (AvgIpc) is 3.46. The largest absolute Gasteiger partial charge is 0.368 e. The number of carbonyl (C=O) groups excluding carboxylic acids is 1. The molecule has 4 rings (SSSR count). The third-order valence-corrected chi connectivity index (χ3v) is 5.47. The van der Waals surface area contributed by atoms with Crippen LogP contribution in [0.1, 0.15) is 48.4 Å². The lowest BCUT2D eigenvalue weighted by atomic mass is 10.1. The minimum atomic E-state index is -0.256. The Balaban J connectivity index is 1.55. The first-order valence-corrected chi connectivity index (χ1v) is 10.3. The van der Waals surface area contributed by atoms with Crippen LogP contribution in [0.4, 0.5) is 0 Å². The van der Waals surface area contributed by atoms with Crippen LogP contribution in [-0.2, 0) is 17.7 Å². The summed E-state index contributed by atoms with van der Waals surface area (Å²) in [5, 5.41) is 3.77. The number of aryl methyl sites for hydroxylation is 2. The first-order valence-electron chi connectivity index (χ1n) is 9.89. The molecule has 0 spiro atoms. The van der Waals surface area contributed by atoms with E-state index >= 15 is 0 Å². The fraction of sp³-hybridized carbons (Fsp3) is 0.381. The van der Waals surface area contributed by atoms with Gasteiger partial charge in [-0.1, -0.05) is 18.5 Å². The summed E-state index contributed by atoms with van der Waals surface area (Å²) < 4.78 is 7.93. The second-order valence-corrected chi connectivity index (χ2v) is 7.44.